The summed E-state index contributed by atoms with van der Waals surface area (Å²) in [6.07, 6.45) is 1.08. The molecular formula is C19H18N2O2. The van der Waals surface area contributed by atoms with E-state index in [1.807, 2.05) is 47.4 Å². The van der Waals surface area contributed by atoms with Crippen molar-refractivity contribution in [1.82, 2.24) is 0 Å². The van der Waals surface area contributed by atoms with Gasteiger partial charge < -0.3 is 10.2 Å². The summed E-state index contributed by atoms with van der Waals surface area (Å²) in [6.45, 7) is 2.06. The number of hydrogen-bond acceptors (Lipinski definition) is 2. The van der Waals surface area contributed by atoms with Gasteiger partial charge in [-0.15, -0.1) is 0 Å². The third-order valence-corrected chi connectivity index (χ3v) is 4.77. The molecule has 2 amide bonds. The first-order valence-electron chi connectivity index (χ1n) is 7.95. The number of hydrogen-bond donors (Lipinski definition) is 1. The summed E-state index contributed by atoms with van der Waals surface area (Å²) in [6, 6.07) is 15.7. The average Bonchev–Trinajstić information content (AvgIpc) is 3.04. The van der Waals surface area contributed by atoms with Crippen LogP contribution in [-0.4, -0.2) is 17.9 Å². The molecule has 116 valence electrons. The number of rotatable bonds is 2. The molecule has 2 atom stereocenters. The number of benzene rings is 2. The Morgan fingerprint density at radius 1 is 1.17 bits per heavy atom. The largest absolute Gasteiger partial charge is 0.325 e. The second kappa shape index (κ2) is 5.23. The Labute approximate surface area is 135 Å². The predicted octanol–water partition coefficient (Wildman–Crippen LogP) is 3.09. The van der Waals surface area contributed by atoms with Crippen molar-refractivity contribution < 1.29 is 9.59 Å². The maximum atomic E-state index is 12.9. The van der Waals surface area contributed by atoms with Gasteiger partial charge >= 0.3 is 0 Å². The van der Waals surface area contributed by atoms with Crippen LogP contribution in [0.3, 0.4) is 0 Å². The van der Waals surface area contributed by atoms with E-state index in [1.54, 1.807) is 0 Å². The molecule has 0 spiro atoms. The van der Waals surface area contributed by atoms with Gasteiger partial charge in [0.15, 0.2) is 0 Å². The van der Waals surface area contributed by atoms with Crippen LogP contribution in [0.15, 0.2) is 48.5 Å². The Kier molecular flexibility index (Phi) is 3.18. The first kappa shape index (κ1) is 14.0. The van der Waals surface area contributed by atoms with Gasteiger partial charge in [0.2, 0.25) is 11.8 Å². The minimum atomic E-state index is -0.390. The van der Waals surface area contributed by atoms with Gasteiger partial charge in [0, 0.05) is 23.8 Å². The third-order valence-electron chi connectivity index (χ3n) is 4.77. The topological polar surface area (TPSA) is 49.4 Å². The minimum Gasteiger partial charge on any atom is -0.325 e. The van der Waals surface area contributed by atoms with E-state index in [0.717, 1.165) is 23.4 Å². The number of carbonyl (C=O) groups is 2. The molecule has 4 rings (SSSR count). The van der Waals surface area contributed by atoms with Crippen molar-refractivity contribution in [2.45, 2.75) is 31.7 Å². The van der Waals surface area contributed by atoms with Gasteiger partial charge in [0.1, 0.15) is 0 Å². The molecule has 1 N–H and O–H groups in total. The van der Waals surface area contributed by atoms with Crippen molar-refractivity contribution >= 4 is 23.2 Å². The van der Waals surface area contributed by atoms with E-state index in [-0.39, 0.29) is 24.3 Å². The number of para-hydroxylation sites is 2. The van der Waals surface area contributed by atoms with Crippen LogP contribution < -0.4 is 10.2 Å². The molecule has 0 aliphatic carbocycles. The number of nitrogens with one attached hydrogen (secondary N) is 1. The van der Waals surface area contributed by atoms with E-state index in [2.05, 4.69) is 18.3 Å². The zero-order valence-corrected chi connectivity index (χ0v) is 13.0. The molecule has 2 heterocycles. The van der Waals surface area contributed by atoms with Crippen LogP contribution in [0, 0.1) is 0 Å². The Morgan fingerprint density at radius 2 is 1.91 bits per heavy atom. The maximum Gasteiger partial charge on any atom is 0.232 e. The predicted molar refractivity (Wildman–Crippen MR) is 89.5 cm³/mol. The molecule has 0 aromatic heterocycles. The van der Waals surface area contributed by atoms with Gasteiger partial charge in [-0.25, -0.2) is 0 Å². The van der Waals surface area contributed by atoms with Crippen LogP contribution in [0.2, 0.25) is 0 Å². The van der Waals surface area contributed by atoms with Gasteiger partial charge in [-0.3, -0.25) is 9.59 Å². The van der Waals surface area contributed by atoms with Gasteiger partial charge in [0.05, 0.1) is 5.92 Å². The highest BCUT2D eigenvalue weighted by Crippen LogP contribution is 2.37. The van der Waals surface area contributed by atoms with Crippen LogP contribution >= 0.6 is 0 Å². The Bertz CT molecular complexity index is 799. The lowest BCUT2D eigenvalue weighted by Crippen LogP contribution is -2.37. The highest BCUT2D eigenvalue weighted by atomic mass is 16.2. The van der Waals surface area contributed by atoms with E-state index in [9.17, 15) is 9.59 Å². The number of nitrogens with zero attached hydrogens (tertiary/aromatic N) is 1. The summed E-state index contributed by atoms with van der Waals surface area (Å²) in [5.41, 5.74) is 3.93. The minimum absolute atomic E-state index is 0.0132. The molecule has 2 aromatic rings. The average molecular weight is 306 g/mol. The Balaban J connectivity index is 1.61. The van der Waals surface area contributed by atoms with Crippen molar-refractivity contribution in [1.29, 1.82) is 0 Å². The standard InChI is InChI=1S/C19H18N2O2/c1-12-10-13-6-2-5-9-17(13)21(12)18(22)11-15-14-7-3-4-8-16(14)20-19(15)23/h2-9,12,15H,10-11H2,1H3,(H,20,23)/t12-,15+/m0/s1. The number of fused-ring (bicyclic) bond motifs is 2. The molecule has 0 unspecified atom stereocenters. The van der Waals surface area contributed by atoms with E-state index < -0.39 is 5.92 Å². The van der Waals surface area contributed by atoms with Crippen LogP contribution in [0.25, 0.3) is 0 Å². The number of carbonyl (C=O) groups excluding carboxylic acids is 2. The van der Waals surface area contributed by atoms with Crippen molar-refractivity contribution in [3.8, 4) is 0 Å². The smallest absolute Gasteiger partial charge is 0.232 e. The van der Waals surface area contributed by atoms with Crippen molar-refractivity contribution in [3.63, 3.8) is 0 Å². The molecule has 0 radical (unpaired) electrons. The molecule has 2 aliphatic heterocycles. The molecule has 4 nitrogen and oxygen atoms in total. The fourth-order valence-electron chi connectivity index (χ4n) is 3.70. The first-order chi connectivity index (χ1) is 11.1. The molecule has 0 saturated heterocycles. The van der Waals surface area contributed by atoms with E-state index in [4.69, 9.17) is 0 Å². The van der Waals surface area contributed by atoms with E-state index in [1.165, 1.54) is 5.56 Å². The lowest BCUT2D eigenvalue weighted by atomic mass is 9.96. The zero-order chi connectivity index (χ0) is 16.0. The fourth-order valence-corrected chi connectivity index (χ4v) is 3.70. The Morgan fingerprint density at radius 3 is 2.78 bits per heavy atom. The quantitative estimate of drug-likeness (QED) is 0.927. The fraction of sp³-hybridized carbons (Fsp3) is 0.263. The molecule has 0 saturated carbocycles. The highest BCUT2D eigenvalue weighted by Gasteiger charge is 2.36. The summed E-state index contributed by atoms with van der Waals surface area (Å²) in [4.78, 5) is 27.0. The molecule has 2 aliphatic rings. The highest BCUT2D eigenvalue weighted by molar-refractivity contribution is 6.07. The SMILES string of the molecule is C[C@H]1Cc2ccccc2N1C(=O)C[C@H]1C(=O)Nc2ccccc21. The lowest BCUT2D eigenvalue weighted by molar-refractivity contribution is -0.123. The van der Waals surface area contributed by atoms with Crippen molar-refractivity contribution in [3.05, 3.63) is 59.7 Å². The second-order valence-electron chi connectivity index (χ2n) is 6.28. The first-order valence-corrected chi connectivity index (χ1v) is 7.95. The summed E-state index contributed by atoms with van der Waals surface area (Å²) >= 11 is 0. The molecule has 23 heavy (non-hydrogen) atoms. The zero-order valence-electron chi connectivity index (χ0n) is 13.0. The third kappa shape index (κ3) is 2.22. The van der Waals surface area contributed by atoms with Gasteiger partial charge in [0.25, 0.3) is 0 Å². The molecule has 2 aromatic carbocycles. The second-order valence-corrected chi connectivity index (χ2v) is 6.28. The monoisotopic (exact) mass is 306 g/mol. The summed E-state index contributed by atoms with van der Waals surface area (Å²) in [5, 5.41) is 2.86. The number of amides is 2. The van der Waals surface area contributed by atoms with Crippen LogP contribution in [-0.2, 0) is 16.0 Å². The van der Waals surface area contributed by atoms with Crippen LogP contribution in [0.5, 0.6) is 0 Å². The summed E-state index contributed by atoms with van der Waals surface area (Å²) in [5.74, 6) is -0.461. The van der Waals surface area contributed by atoms with Gasteiger partial charge in [-0.2, -0.15) is 0 Å². The number of anilines is 2. The van der Waals surface area contributed by atoms with Crippen LogP contribution in [0.4, 0.5) is 11.4 Å². The Hall–Kier alpha value is -2.62. The lowest BCUT2D eigenvalue weighted by Gasteiger charge is -2.24. The molecule has 4 heteroatoms. The molecular weight excluding hydrogens is 288 g/mol. The molecule has 0 fully saturated rings. The van der Waals surface area contributed by atoms with Crippen LogP contribution in [0.1, 0.15) is 30.4 Å². The molecule has 0 bridgehead atoms. The summed E-state index contributed by atoms with van der Waals surface area (Å²) < 4.78 is 0. The van der Waals surface area contributed by atoms with E-state index in [0.29, 0.717) is 0 Å². The normalized spacial score (nSPS) is 21.8. The van der Waals surface area contributed by atoms with Crippen molar-refractivity contribution in [2.75, 3.05) is 10.2 Å². The van der Waals surface area contributed by atoms with Gasteiger partial charge in [-0.05, 0) is 36.6 Å². The van der Waals surface area contributed by atoms with Crippen molar-refractivity contribution in [2.24, 2.45) is 0 Å². The van der Waals surface area contributed by atoms with E-state index >= 15 is 0 Å². The van der Waals surface area contributed by atoms with Gasteiger partial charge in [-0.1, -0.05) is 36.4 Å². The maximum absolute atomic E-state index is 12.9. The summed E-state index contributed by atoms with van der Waals surface area (Å²) in [7, 11) is 0.